The zero-order chi connectivity index (χ0) is 15.2. The van der Waals surface area contributed by atoms with E-state index in [-0.39, 0.29) is 17.8 Å². The zero-order valence-corrected chi connectivity index (χ0v) is 12.2. The van der Waals surface area contributed by atoms with Gasteiger partial charge in [0, 0.05) is 12.2 Å². The van der Waals surface area contributed by atoms with E-state index in [9.17, 15) is 9.18 Å². The lowest BCUT2D eigenvalue weighted by atomic mass is 10.2. The molecule has 1 unspecified atom stereocenters. The van der Waals surface area contributed by atoms with Gasteiger partial charge in [-0.05, 0) is 43.8 Å². The Balaban J connectivity index is 1.93. The van der Waals surface area contributed by atoms with Gasteiger partial charge in [0.2, 0.25) is 5.91 Å². The number of hydrogen-bond donors (Lipinski definition) is 1. The van der Waals surface area contributed by atoms with Crippen molar-refractivity contribution < 1.29 is 9.18 Å². The average Bonchev–Trinajstić information content (AvgIpc) is 2.49. The van der Waals surface area contributed by atoms with Crippen molar-refractivity contribution in [3.8, 4) is 0 Å². The third-order valence-corrected chi connectivity index (χ3v) is 3.43. The molecule has 2 aromatic carbocycles. The lowest BCUT2D eigenvalue weighted by molar-refractivity contribution is -0.120. The van der Waals surface area contributed by atoms with Gasteiger partial charge in [0.05, 0.1) is 6.04 Å². The summed E-state index contributed by atoms with van der Waals surface area (Å²) in [7, 11) is 1.87. The number of likely N-dealkylation sites (N-methyl/N-ethyl adjacent to an activating group) is 1. The second-order valence-electron chi connectivity index (χ2n) is 5.07. The van der Waals surface area contributed by atoms with E-state index in [1.807, 2.05) is 49.2 Å². The van der Waals surface area contributed by atoms with E-state index in [0.29, 0.717) is 6.54 Å². The summed E-state index contributed by atoms with van der Waals surface area (Å²) in [5, 5.41) is 2.88. The molecule has 0 saturated heterocycles. The molecule has 0 radical (unpaired) electrons. The number of rotatable bonds is 5. The van der Waals surface area contributed by atoms with Crippen LogP contribution in [0.25, 0.3) is 0 Å². The number of para-hydroxylation sites is 1. The molecule has 0 fully saturated rings. The minimum atomic E-state index is -0.282. The predicted molar refractivity (Wildman–Crippen MR) is 82.4 cm³/mol. The predicted octanol–water partition coefficient (Wildman–Crippen LogP) is 3.28. The van der Waals surface area contributed by atoms with Gasteiger partial charge in [0.15, 0.2) is 0 Å². The maximum Gasteiger partial charge on any atom is 0.241 e. The molecule has 0 bridgehead atoms. The van der Waals surface area contributed by atoms with Crippen molar-refractivity contribution in [2.24, 2.45) is 0 Å². The Morgan fingerprint density at radius 1 is 1.14 bits per heavy atom. The Bertz CT molecular complexity index is 583. The first kappa shape index (κ1) is 15.2. The van der Waals surface area contributed by atoms with Crippen molar-refractivity contribution in [1.82, 2.24) is 4.90 Å². The van der Waals surface area contributed by atoms with E-state index in [1.165, 1.54) is 12.1 Å². The van der Waals surface area contributed by atoms with Crippen LogP contribution in [0.15, 0.2) is 54.6 Å². The van der Waals surface area contributed by atoms with Gasteiger partial charge < -0.3 is 5.32 Å². The first-order valence-electron chi connectivity index (χ1n) is 6.87. The molecular weight excluding hydrogens is 267 g/mol. The van der Waals surface area contributed by atoms with Gasteiger partial charge in [-0.1, -0.05) is 30.3 Å². The Hall–Kier alpha value is -2.20. The molecule has 1 amide bonds. The van der Waals surface area contributed by atoms with Crippen LogP contribution < -0.4 is 5.32 Å². The van der Waals surface area contributed by atoms with Crippen molar-refractivity contribution in [2.45, 2.75) is 19.5 Å². The SMILES string of the molecule is CC(C(=O)Nc1ccccc1)N(C)Cc1ccc(F)cc1. The number of nitrogens with one attached hydrogen (secondary N) is 1. The van der Waals surface area contributed by atoms with Crippen LogP contribution in [0, 0.1) is 5.82 Å². The van der Waals surface area contributed by atoms with Gasteiger partial charge in [0.25, 0.3) is 0 Å². The summed E-state index contributed by atoms with van der Waals surface area (Å²) in [6.07, 6.45) is 0. The van der Waals surface area contributed by atoms with E-state index >= 15 is 0 Å². The second kappa shape index (κ2) is 6.99. The zero-order valence-electron chi connectivity index (χ0n) is 12.2. The van der Waals surface area contributed by atoms with Gasteiger partial charge in [0.1, 0.15) is 5.82 Å². The third-order valence-electron chi connectivity index (χ3n) is 3.43. The summed E-state index contributed by atoms with van der Waals surface area (Å²) in [5.41, 5.74) is 1.75. The monoisotopic (exact) mass is 286 g/mol. The average molecular weight is 286 g/mol. The molecule has 0 aliphatic rings. The molecule has 110 valence electrons. The molecule has 4 heteroatoms. The molecule has 2 rings (SSSR count). The maximum absolute atomic E-state index is 12.9. The van der Waals surface area contributed by atoms with Crippen molar-refractivity contribution in [3.05, 3.63) is 66.0 Å². The van der Waals surface area contributed by atoms with E-state index in [2.05, 4.69) is 5.32 Å². The first-order valence-corrected chi connectivity index (χ1v) is 6.87. The second-order valence-corrected chi connectivity index (χ2v) is 5.07. The summed E-state index contributed by atoms with van der Waals surface area (Å²) in [6, 6.07) is 15.4. The van der Waals surface area contributed by atoms with Crippen molar-refractivity contribution in [3.63, 3.8) is 0 Å². The lowest BCUT2D eigenvalue weighted by Crippen LogP contribution is -2.39. The number of nitrogens with zero attached hydrogens (tertiary/aromatic N) is 1. The van der Waals surface area contributed by atoms with E-state index in [1.54, 1.807) is 12.1 Å². The highest BCUT2D eigenvalue weighted by molar-refractivity contribution is 5.94. The summed E-state index contributed by atoms with van der Waals surface area (Å²) >= 11 is 0. The number of benzene rings is 2. The van der Waals surface area contributed by atoms with Crippen LogP contribution in [-0.4, -0.2) is 23.9 Å². The lowest BCUT2D eigenvalue weighted by Gasteiger charge is -2.24. The number of hydrogen-bond acceptors (Lipinski definition) is 2. The minimum Gasteiger partial charge on any atom is -0.325 e. The highest BCUT2D eigenvalue weighted by atomic mass is 19.1. The number of anilines is 1. The Morgan fingerprint density at radius 3 is 2.38 bits per heavy atom. The largest absolute Gasteiger partial charge is 0.325 e. The van der Waals surface area contributed by atoms with Gasteiger partial charge in [-0.15, -0.1) is 0 Å². The van der Waals surface area contributed by atoms with Gasteiger partial charge in [-0.3, -0.25) is 9.69 Å². The molecule has 0 aliphatic heterocycles. The van der Waals surface area contributed by atoms with Crippen LogP contribution in [-0.2, 0) is 11.3 Å². The highest BCUT2D eigenvalue weighted by Gasteiger charge is 2.18. The van der Waals surface area contributed by atoms with E-state index < -0.39 is 0 Å². The van der Waals surface area contributed by atoms with Gasteiger partial charge in [-0.25, -0.2) is 4.39 Å². The number of halogens is 1. The highest BCUT2D eigenvalue weighted by Crippen LogP contribution is 2.10. The van der Waals surface area contributed by atoms with Crippen molar-refractivity contribution in [2.75, 3.05) is 12.4 Å². The third kappa shape index (κ3) is 4.39. The van der Waals surface area contributed by atoms with Crippen LogP contribution in [0.5, 0.6) is 0 Å². The molecule has 0 spiro atoms. The first-order chi connectivity index (χ1) is 10.1. The van der Waals surface area contributed by atoms with Crippen LogP contribution in [0.4, 0.5) is 10.1 Å². The normalized spacial score (nSPS) is 12.2. The van der Waals surface area contributed by atoms with Crippen LogP contribution in [0.1, 0.15) is 12.5 Å². The van der Waals surface area contributed by atoms with Crippen LogP contribution in [0.3, 0.4) is 0 Å². The van der Waals surface area contributed by atoms with E-state index in [4.69, 9.17) is 0 Å². The molecular formula is C17H19FN2O. The summed E-state index contributed by atoms with van der Waals surface area (Å²) < 4.78 is 12.9. The van der Waals surface area contributed by atoms with Gasteiger partial charge in [-0.2, -0.15) is 0 Å². The smallest absolute Gasteiger partial charge is 0.241 e. The molecule has 0 heterocycles. The van der Waals surface area contributed by atoms with Crippen LogP contribution >= 0.6 is 0 Å². The summed E-state index contributed by atoms with van der Waals surface area (Å²) in [6.45, 7) is 2.44. The number of amides is 1. The number of carbonyl (C=O) groups excluding carboxylic acids is 1. The molecule has 0 aromatic heterocycles. The van der Waals surface area contributed by atoms with Crippen molar-refractivity contribution in [1.29, 1.82) is 0 Å². The summed E-state index contributed by atoms with van der Waals surface area (Å²) in [5.74, 6) is -0.318. The van der Waals surface area contributed by atoms with Crippen molar-refractivity contribution >= 4 is 11.6 Å². The molecule has 21 heavy (non-hydrogen) atoms. The van der Waals surface area contributed by atoms with Gasteiger partial charge >= 0.3 is 0 Å². The minimum absolute atomic E-state index is 0.0641. The van der Waals surface area contributed by atoms with E-state index in [0.717, 1.165) is 11.3 Å². The fourth-order valence-corrected chi connectivity index (χ4v) is 1.98. The topological polar surface area (TPSA) is 32.3 Å². The molecule has 1 N–H and O–H groups in total. The number of carbonyl (C=O) groups is 1. The molecule has 3 nitrogen and oxygen atoms in total. The Kier molecular flexibility index (Phi) is 5.06. The molecule has 0 aliphatic carbocycles. The quantitative estimate of drug-likeness (QED) is 0.914. The molecule has 1 atom stereocenters. The fourth-order valence-electron chi connectivity index (χ4n) is 1.98. The molecule has 2 aromatic rings. The standard InChI is InChI=1S/C17H19FN2O/c1-13(17(21)19-16-6-4-3-5-7-16)20(2)12-14-8-10-15(18)11-9-14/h3-11,13H,12H2,1-2H3,(H,19,21). The molecule has 0 saturated carbocycles. The summed E-state index contributed by atoms with van der Waals surface area (Å²) in [4.78, 5) is 14.1. The maximum atomic E-state index is 12.9. The Labute approximate surface area is 124 Å². The fraction of sp³-hybridized carbons (Fsp3) is 0.235. The Morgan fingerprint density at radius 2 is 1.76 bits per heavy atom. The van der Waals surface area contributed by atoms with Crippen LogP contribution in [0.2, 0.25) is 0 Å².